The highest BCUT2D eigenvalue weighted by Crippen LogP contribution is 2.37. The lowest BCUT2D eigenvalue weighted by Crippen LogP contribution is -2.42. The molecule has 174 valence electrons. The van der Waals surface area contributed by atoms with Gasteiger partial charge in [0.15, 0.2) is 0 Å². The molecule has 1 atom stereocenters. The van der Waals surface area contributed by atoms with Gasteiger partial charge < -0.3 is 4.74 Å². The lowest BCUT2D eigenvalue weighted by Gasteiger charge is -2.24. The molecule has 0 N–H and O–H groups in total. The Balaban J connectivity index is 1.86. The second-order valence-electron chi connectivity index (χ2n) is 7.25. The Labute approximate surface area is 180 Å². The SMILES string of the molecule is Cn1c(COC(=O)C2CCCN2S(=O)(=O)c2ccccc2C(F)(F)F)cc(=O)n(C)c1=O. The molecule has 0 aliphatic carbocycles. The number of hydrogen-bond donors (Lipinski definition) is 0. The number of ether oxygens (including phenoxy) is 1. The van der Waals surface area contributed by atoms with Crippen molar-refractivity contribution in [2.45, 2.75) is 36.6 Å². The molecule has 0 radical (unpaired) electrons. The molecule has 1 aromatic heterocycles. The largest absolute Gasteiger partial charge is 0.458 e. The second kappa shape index (κ2) is 8.54. The fraction of sp³-hybridized carbons (Fsp3) is 0.421. The summed E-state index contributed by atoms with van der Waals surface area (Å²) in [6.07, 6.45) is -4.59. The van der Waals surface area contributed by atoms with Crippen LogP contribution in [0, 0.1) is 0 Å². The zero-order chi connectivity index (χ0) is 23.8. The van der Waals surface area contributed by atoms with Gasteiger partial charge in [0.25, 0.3) is 5.56 Å². The molecule has 1 saturated heterocycles. The number of benzene rings is 1. The van der Waals surface area contributed by atoms with Crippen LogP contribution in [0.1, 0.15) is 24.1 Å². The normalized spacial score (nSPS) is 17.5. The maximum absolute atomic E-state index is 13.3. The molecule has 2 heterocycles. The maximum Gasteiger partial charge on any atom is 0.417 e. The standard InChI is InChI=1S/C19H20F3N3O6S/c1-23-12(10-16(26)24(2)18(23)28)11-31-17(27)14-7-5-9-25(14)32(29,30)15-8-4-3-6-13(15)19(20,21)22/h3-4,6,8,10,14H,5,7,9,11H2,1-2H3. The third-order valence-corrected chi connectivity index (χ3v) is 7.21. The van der Waals surface area contributed by atoms with Crippen LogP contribution in [-0.2, 0) is 46.4 Å². The average Bonchev–Trinajstić information content (AvgIpc) is 3.24. The van der Waals surface area contributed by atoms with Crippen molar-refractivity contribution in [1.82, 2.24) is 13.4 Å². The molecule has 1 aromatic carbocycles. The van der Waals surface area contributed by atoms with E-state index in [9.17, 15) is 36.0 Å². The van der Waals surface area contributed by atoms with E-state index >= 15 is 0 Å². The van der Waals surface area contributed by atoms with Crippen LogP contribution in [0.3, 0.4) is 0 Å². The van der Waals surface area contributed by atoms with Gasteiger partial charge in [0, 0.05) is 26.7 Å². The molecule has 1 unspecified atom stereocenters. The van der Waals surface area contributed by atoms with Crippen LogP contribution >= 0.6 is 0 Å². The van der Waals surface area contributed by atoms with Gasteiger partial charge in [-0.1, -0.05) is 12.1 Å². The summed E-state index contributed by atoms with van der Waals surface area (Å²) >= 11 is 0. The van der Waals surface area contributed by atoms with E-state index in [2.05, 4.69) is 0 Å². The van der Waals surface area contributed by atoms with Crippen LogP contribution in [0.25, 0.3) is 0 Å². The molecule has 0 saturated carbocycles. The maximum atomic E-state index is 13.3. The summed E-state index contributed by atoms with van der Waals surface area (Å²) in [5.41, 5.74) is -2.50. The third kappa shape index (κ3) is 4.35. The molecular weight excluding hydrogens is 455 g/mol. The van der Waals surface area contributed by atoms with Gasteiger partial charge in [-0.3, -0.25) is 18.7 Å². The average molecular weight is 475 g/mol. The zero-order valence-electron chi connectivity index (χ0n) is 17.1. The van der Waals surface area contributed by atoms with E-state index in [1.165, 1.54) is 20.2 Å². The zero-order valence-corrected chi connectivity index (χ0v) is 17.9. The van der Waals surface area contributed by atoms with Crippen LogP contribution in [0.4, 0.5) is 13.2 Å². The molecule has 0 amide bonds. The van der Waals surface area contributed by atoms with E-state index in [1.807, 2.05) is 0 Å². The smallest absolute Gasteiger partial charge is 0.417 e. The Morgan fingerprint density at radius 1 is 1.16 bits per heavy atom. The number of alkyl halides is 3. The predicted molar refractivity (Wildman–Crippen MR) is 105 cm³/mol. The number of hydrogen-bond acceptors (Lipinski definition) is 6. The number of carbonyl (C=O) groups excluding carboxylic acids is 1. The van der Waals surface area contributed by atoms with Crippen molar-refractivity contribution in [2.24, 2.45) is 14.1 Å². The molecule has 1 fully saturated rings. The van der Waals surface area contributed by atoms with Gasteiger partial charge in [-0.05, 0) is 25.0 Å². The van der Waals surface area contributed by atoms with Crippen molar-refractivity contribution >= 4 is 16.0 Å². The van der Waals surface area contributed by atoms with E-state index in [1.54, 1.807) is 0 Å². The van der Waals surface area contributed by atoms with Gasteiger partial charge in [0.05, 0.1) is 16.2 Å². The van der Waals surface area contributed by atoms with Gasteiger partial charge in [-0.15, -0.1) is 0 Å². The molecule has 9 nitrogen and oxygen atoms in total. The monoisotopic (exact) mass is 475 g/mol. The summed E-state index contributed by atoms with van der Waals surface area (Å²) in [4.78, 5) is 35.4. The second-order valence-corrected chi connectivity index (χ2v) is 9.11. The van der Waals surface area contributed by atoms with Crippen molar-refractivity contribution in [3.05, 3.63) is 62.4 Å². The van der Waals surface area contributed by atoms with Crippen LogP contribution in [0.5, 0.6) is 0 Å². The summed E-state index contributed by atoms with van der Waals surface area (Å²) in [5, 5.41) is 0. The highest BCUT2D eigenvalue weighted by atomic mass is 32.2. The van der Waals surface area contributed by atoms with Crippen molar-refractivity contribution in [3.63, 3.8) is 0 Å². The number of nitrogens with zero attached hydrogens (tertiary/aromatic N) is 3. The summed E-state index contributed by atoms with van der Waals surface area (Å²) < 4.78 is 73.8. The van der Waals surface area contributed by atoms with E-state index < -0.39 is 56.5 Å². The Hall–Kier alpha value is -2.93. The quantitative estimate of drug-likeness (QED) is 0.598. The molecule has 2 aromatic rings. The van der Waals surface area contributed by atoms with E-state index in [4.69, 9.17) is 4.74 Å². The predicted octanol–water partition coefficient (Wildman–Crippen LogP) is 0.999. The van der Waals surface area contributed by atoms with Crippen molar-refractivity contribution < 1.29 is 31.1 Å². The van der Waals surface area contributed by atoms with Crippen LogP contribution < -0.4 is 11.2 Å². The molecular formula is C19H20F3N3O6S. The number of halogens is 3. The molecule has 0 bridgehead atoms. The number of esters is 1. The first kappa shape index (κ1) is 23.7. The summed E-state index contributed by atoms with van der Waals surface area (Å²) in [5.74, 6) is -0.983. The Kier molecular flexibility index (Phi) is 6.33. The van der Waals surface area contributed by atoms with Crippen molar-refractivity contribution in [3.8, 4) is 0 Å². The number of rotatable bonds is 5. The van der Waals surface area contributed by atoms with Crippen LogP contribution in [0.15, 0.2) is 44.8 Å². The summed E-state index contributed by atoms with van der Waals surface area (Å²) in [6, 6.07) is 3.51. The molecule has 1 aliphatic heterocycles. The van der Waals surface area contributed by atoms with E-state index in [-0.39, 0.29) is 25.1 Å². The van der Waals surface area contributed by atoms with E-state index in [0.29, 0.717) is 10.4 Å². The molecule has 0 spiro atoms. The molecule has 1 aliphatic rings. The first-order chi connectivity index (χ1) is 14.9. The molecule has 3 rings (SSSR count). The van der Waals surface area contributed by atoms with Gasteiger partial charge >= 0.3 is 17.8 Å². The Bertz CT molecular complexity index is 1270. The summed E-state index contributed by atoms with van der Waals surface area (Å²) in [7, 11) is -2.01. The van der Waals surface area contributed by atoms with Crippen LogP contribution in [-0.4, -0.2) is 40.4 Å². The third-order valence-electron chi connectivity index (χ3n) is 5.24. The van der Waals surface area contributed by atoms with Crippen LogP contribution in [0.2, 0.25) is 0 Å². The van der Waals surface area contributed by atoms with Crippen molar-refractivity contribution in [2.75, 3.05) is 6.54 Å². The Morgan fingerprint density at radius 2 is 1.81 bits per heavy atom. The fourth-order valence-corrected chi connectivity index (χ4v) is 5.33. The highest BCUT2D eigenvalue weighted by molar-refractivity contribution is 7.89. The number of carbonyl (C=O) groups is 1. The lowest BCUT2D eigenvalue weighted by molar-refractivity contribution is -0.149. The number of sulfonamides is 1. The first-order valence-corrected chi connectivity index (χ1v) is 10.9. The van der Waals surface area contributed by atoms with E-state index in [0.717, 1.165) is 27.3 Å². The minimum atomic E-state index is -4.90. The minimum Gasteiger partial charge on any atom is -0.458 e. The fourth-order valence-electron chi connectivity index (χ4n) is 3.47. The first-order valence-electron chi connectivity index (χ1n) is 9.46. The molecule has 13 heteroatoms. The lowest BCUT2D eigenvalue weighted by atomic mass is 10.2. The van der Waals surface area contributed by atoms with Crippen molar-refractivity contribution in [1.29, 1.82) is 0 Å². The summed E-state index contributed by atoms with van der Waals surface area (Å²) in [6.45, 7) is -0.636. The van der Waals surface area contributed by atoms with Gasteiger partial charge in [-0.2, -0.15) is 17.5 Å². The highest BCUT2D eigenvalue weighted by Gasteiger charge is 2.44. The number of aromatic nitrogens is 2. The molecule has 32 heavy (non-hydrogen) atoms. The van der Waals surface area contributed by atoms with Gasteiger partial charge in [-0.25, -0.2) is 13.2 Å². The van der Waals surface area contributed by atoms with Gasteiger partial charge in [0.1, 0.15) is 12.6 Å². The minimum absolute atomic E-state index is 0.0573. The van der Waals surface area contributed by atoms with Gasteiger partial charge in [0.2, 0.25) is 10.0 Å². The topological polar surface area (TPSA) is 108 Å². The Morgan fingerprint density at radius 3 is 2.47 bits per heavy atom.